The van der Waals surface area contributed by atoms with Crippen LogP contribution >= 0.6 is 0 Å². The summed E-state index contributed by atoms with van der Waals surface area (Å²) in [4.78, 5) is 21.6. The van der Waals surface area contributed by atoms with Crippen molar-refractivity contribution in [2.24, 2.45) is 0 Å². The third-order valence-electron chi connectivity index (χ3n) is 2.97. The van der Waals surface area contributed by atoms with E-state index in [1.165, 1.54) is 7.11 Å². The summed E-state index contributed by atoms with van der Waals surface area (Å²) in [5, 5.41) is 8.76. The van der Waals surface area contributed by atoms with Crippen molar-refractivity contribution in [2.75, 3.05) is 12.9 Å². The van der Waals surface area contributed by atoms with E-state index in [-0.39, 0.29) is 18.6 Å². The number of methoxy groups -OCH3 is 1. The number of esters is 1. The standard InChI is InChI=1S/C10H17NO6S/c1-17-9(14)3-6-18(15,16)11-10(4-2-5-10)7-8(12)13/h11H,2-7H2,1H3,(H,12,13). The van der Waals surface area contributed by atoms with Crippen LogP contribution in [-0.4, -0.2) is 43.9 Å². The lowest BCUT2D eigenvalue weighted by molar-refractivity contribution is -0.141. The van der Waals surface area contributed by atoms with Gasteiger partial charge in [-0.1, -0.05) is 0 Å². The van der Waals surface area contributed by atoms with E-state index in [1.807, 2.05) is 0 Å². The summed E-state index contributed by atoms with van der Waals surface area (Å²) in [7, 11) is -2.48. The van der Waals surface area contributed by atoms with Crippen molar-refractivity contribution in [3.63, 3.8) is 0 Å². The Morgan fingerprint density at radius 3 is 2.39 bits per heavy atom. The molecule has 1 aliphatic carbocycles. The fourth-order valence-corrected chi connectivity index (χ4v) is 3.38. The zero-order valence-electron chi connectivity index (χ0n) is 10.1. The molecule has 0 bridgehead atoms. The molecular weight excluding hydrogens is 262 g/mol. The summed E-state index contributed by atoms with van der Waals surface area (Å²) in [5.41, 5.74) is -0.874. The Labute approximate surface area is 106 Å². The number of sulfonamides is 1. The highest BCUT2D eigenvalue weighted by Gasteiger charge is 2.42. The summed E-state index contributed by atoms with van der Waals surface area (Å²) in [5.74, 6) is -2.03. The Balaban J connectivity index is 2.58. The van der Waals surface area contributed by atoms with Crippen LogP contribution in [0.4, 0.5) is 0 Å². The first kappa shape index (κ1) is 14.9. The molecule has 18 heavy (non-hydrogen) atoms. The number of hydrogen-bond donors (Lipinski definition) is 2. The van der Waals surface area contributed by atoms with Crippen molar-refractivity contribution in [3.8, 4) is 0 Å². The van der Waals surface area contributed by atoms with Gasteiger partial charge in [-0.25, -0.2) is 13.1 Å². The minimum atomic E-state index is -3.67. The highest BCUT2D eigenvalue weighted by molar-refractivity contribution is 7.89. The van der Waals surface area contributed by atoms with E-state index in [4.69, 9.17) is 5.11 Å². The van der Waals surface area contributed by atoms with Gasteiger partial charge in [-0.05, 0) is 19.3 Å². The van der Waals surface area contributed by atoms with E-state index in [2.05, 4.69) is 9.46 Å². The molecule has 1 saturated carbocycles. The number of rotatable bonds is 7. The fraction of sp³-hybridized carbons (Fsp3) is 0.800. The van der Waals surface area contributed by atoms with Crippen molar-refractivity contribution in [3.05, 3.63) is 0 Å². The predicted molar refractivity (Wildman–Crippen MR) is 62.4 cm³/mol. The summed E-state index contributed by atoms with van der Waals surface area (Å²) in [6, 6.07) is 0. The van der Waals surface area contributed by atoms with Gasteiger partial charge in [0, 0.05) is 5.54 Å². The van der Waals surface area contributed by atoms with Crippen molar-refractivity contribution in [1.82, 2.24) is 4.72 Å². The van der Waals surface area contributed by atoms with Gasteiger partial charge in [0.25, 0.3) is 0 Å². The molecule has 1 rings (SSSR count). The highest BCUT2D eigenvalue weighted by atomic mass is 32.2. The molecule has 0 atom stereocenters. The molecular formula is C10H17NO6S. The van der Waals surface area contributed by atoms with Crippen LogP contribution in [0, 0.1) is 0 Å². The molecule has 0 aromatic carbocycles. The molecule has 104 valence electrons. The van der Waals surface area contributed by atoms with Crippen LogP contribution in [0.25, 0.3) is 0 Å². The molecule has 2 N–H and O–H groups in total. The average molecular weight is 279 g/mol. The van der Waals surface area contributed by atoms with Crippen molar-refractivity contribution in [1.29, 1.82) is 0 Å². The number of nitrogens with one attached hydrogen (secondary N) is 1. The molecule has 7 nitrogen and oxygen atoms in total. The van der Waals surface area contributed by atoms with Gasteiger partial charge in [-0.15, -0.1) is 0 Å². The van der Waals surface area contributed by atoms with Crippen LogP contribution in [0.1, 0.15) is 32.1 Å². The van der Waals surface area contributed by atoms with Crippen LogP contribution in [0.2, 0.25) is 0 Å². The molecule has 0 aliphatic heterocycles. The van der Waals surface area contributed by atoms with Crippen molar-refractivity contribution < 1.29 is 27.9 Å². The van der Waals surface area contributed by atoms with Gasteiger partial charge in [0.15, 0.2) is 0 Å². The van der Waals surface area contributed by atoms with E-state index >= 15 is 0 Å². The molecule has 0 saturated heterocycles. The second-order valence-corrected chi connectivity index (χ2v) is 6.29. The number of carbonyl (C=O) groups excluding carboxylic acids is 1. The number of ether oxygens (including phenoxy) is 1. The summed E-state index contributed by atoms with van der Waals surface area (Å²) < 4.78 is 30.2. The van der Waals surface area contributed by atoms with Gasteiger partial charge in [-0.2, -0.15) is 0 Å². The van der Waals surface area contributed by atoms with E-state index in [0.29, 0.717) is 12.8 Å². The molecule has 0 spiro atoms. The first-order chi connectivity index (χ1) is 8.29. The summed E-state index contributed by atoms with van der Waals surface area (Å²) in [6.07, 6.45) is 1.35. The Hall–Kier alpha value is -1.15. The second-order valence-electron chi connectivity index (χ2n) is 4.45. The molecule has 0 amide bonds. The maximum atomic E-state index is 11.7. The van der Waals surface area contributed by atoms with Crippen LogP contribution in [0.5, 0.6) is 0 Å². The Kier molecular flexibility index (Phi) is 4.69. The second kappa shape index (κ2) is 5.66. The molecule has 8 heteroatoms. The van der Waals surface area contributed by atoms with E-state index in [9.17, 15) is 18.0 Å². The zero-order chi connectivity index (χ0) is 13.8. The number of aliphatic carboxylic acids is 1. The van der Waals surface area contributed by atoms with Gasteiger partial charge in [0.05, 0.1) is 25.7 Å². The first-order valence-corrected chi connectivity index (χ1v) is 7.24. The number of hydrogen-bond acceptors (Lipinski definition) is 5. The Bertz CT molecular complexity index is 426. The number of carboxylic acids is 1. The zero-order valence-corrected chi connectivity index (χ0v) is 11.0. The predicted octanol–water partition coefficient (Wildman–Crippen LogP) is -0.134. The largest absolute Gasteiger partial charge is 0.481 e. The van der Waals surface area contributed by atoms with Crippen LogP contribution in [0.3, 0.4) is 0 Å². The Morgan fingerprint density at radius 1 is 1.39 bits per heavy atom. The summed E-state index contributed by atoms with van der Waals surface area (Å²) in [6.45, 7) is 0. The molecule has 0 aromatic rings. The van der Waals surface area contributed by atoms with E-state index in [0.717, 1.165) is 6.42 Å². The third kappa shape index (κ3) is 4.26. The first-order valence-electron chi connectivity index (χ1n) is 5.59. The van der Waals surface area contributed by atoms with E-state index < -0.39 is 27.5 Å². The SMILES string of the molecule is COC(=O)CCS(=O)(=O)NC1(CC(=O)O)CCC1. The average Bonchev–Trinajstić information content (AvgIpc) is 2.22. The highest BCUT2D eigenvalue weighted by Crippen LogP contribution is 2.35. The lowest BCUT2D eigenvalue weighted by Crippen LogP contribution is -2.55. The van der Waals surface area contributed by atoms with Crippen LogP contribution in [-0.2, 0) is 24.3 Å². The molecule has 1 aliphatic rings. The van der Waals surface area contributed by atoms with Gasteiger partial charge < -0.3 is 9.84 Å². The van der Waals surface area contributed by atoms with Gasteiger partial charge >= 0.3 is 11.9 Å². The van der Waals surface area contributed by atoms with Gasteiger partial charge in [-0.3, -0.25) is 9.59 Å². The minimum Gasteiger partial charge on any atom is -0.481 e. The monoisotopic (exact) mass is 279 g/mol. The lowest BCUT2D eigenvalue weighted by atomic mass is 9.75. The van der Waals surface area contributed by atoms with Gasteiger partial charge in [0.2, 0.25) is 10.0 Å². The topological polar surface area (TPSA) is 110 Å². The maximum absolute atomic E-state index is 11.7. The third-order valence-corrected chi connectivity index (χ3v) is 4.46. The van der Waals surface area contributed by atoms with Gasteiger partial charge in [0.1, 0.15) is 0 Å². The quantitative estimate of drug-likeness (QED) is 0.628. The van der Waals surface area contributed by atoms with Crippen LogP contribution < -0.4 is 4.72 Å². The molecule has 0 radical (unpaired) electrons. The Morgan fingerprint density at radius 2 is 2.00 bits per heavy atom. The molecule has 0 heterocycles. The van der Waals surface area contributed by atoms with Crippen LogP contribution in [0.15, 0.2) is 0 Å². The van der Waals surface area contributed by atoms with Crippen molar-refractivity contribution >= 4 is 22.0 Å². The summed E-state index contributed by atoms with van der Waals surface area (Å²) >= 11 is 0. The number of carbonyl (C=O) groups is 2. The number of carboxylic acid groups (broad SMARTS) is 1. The van der Waals surface area contributed by atoms with E-state index in [1.54, 1.807) is 0 Å². The minimum absolute atomic E-state index is 0.232. The molecule has 0 unspecified atom stereocenters. The lowest BCUT2D eigenvalue weighted by Gasteiger charge is -2.40. The smallest absolute Gasteiger partial charge is 0.306 e. The maximum Gasteiger partial charge on any atom is 0.306 e. The van der Waals surface area contributed by atoms with Crippen molar-refractivity contribution in [2.45, 2.75) is 37.6 Å². The fourth-order valence-electron chi connectivity index (χ4n) is 1.91. The molecule has 0 aromatic heterocycles. The molecule has 1 fully saturated rings. The normalized spacial score (nSPS) is 17.8.